The van der Waals surface area contributed by atoms with Crippen molar-refractivity contribution in [3.05, 3.63) is 98.0 Å². The quantitative estimate of drug-likeness (QED) is 0.0665. The van der Waals surface area contributed by atoms with Crippen LogP contribution in [0.2, 0.25) is 0 Å². The number of ether oxygens (including phenoxy) is 4. The first-order valence-corrected chi connectivity index (χ1v) is 14.7. The van der Waals surface area contributed by atoms with E-state index >= 15 is 0 Å². The number of amides is 2. The van der Waals surface area contributed by atoms with Gasteiger partial charge in [0.15, 0.2) is 17.7 Å². The van der Waals surface area contributed by atoms with Crippen LogP contribution in [-0.2, 0) is 16.1 Å². The number of hydrogen-bond acceptors (Lipinski definition) is 9. The molecule has 44 heavy (non-hydrogen) atoms. The lowest BCUT2D eigenvalue weighted by Gasteiger charge is -2.28. The maximum Gasteiger partial charge on any atom is 0.337 e. The number of rotatable bonds is 13. The first kappa shape index (κ1) is 32.5. The Morgan fingerprint density at radius 3 is 2.64 bits per heavy atom. The van der Waals surface area contributed by atoms with E-state index in [4.69, 9.17) is 18.9 Å². The maximum atomic E-state index is 13.4. The Morgan fingerprint density at radius 1 is 1.11 bits per heavy atom. The predicted molar refractivity (Wildman–Crippen MR) is 169 cm³/mol. The molecule has 3 aromatic carbocycles. The Morgan fingerprint density at radius 2 is 1.91 bits per heavy atom. The van der Waals surface area contributed by atoms with Crippen molar-refractivity contribution in [1.82, 2.24) is 16.1 Å². The summed E-state index contributed by atoms with van der Waals surface area (Å²) in [6, 6.07) is 15.5. The maximum absolute atomic E-state index is 13.4. The van der Waals surface area contributed by atoms with Gasteiger partial charge in [0, 0.05) is 5.70 Å². The van der Waals surface area contributed by atoms with Crippen molar-refractivity contribution in [1.29, 1.82) is 0 Å². The summed E-state index contributed by atoms with van der Waals surface area (Å²) in [4.78, 5) is 24.6. The topological polar surface area (TPSA) is 140 Å². The van der Waals surface area contributed by atoms with Gasteiger partial charge in [0.25, 0.3) is 0 Å². The van der Waals surface area contributed by atoms with Crippen molar-refractivity contribution in [2.75, 3.05) is 20.3 Å². The molecule has 4 N–H and O–H groups in total. The molecule has 2 atom stereocenters. The lowest BCUT2D eigenvalue weighted by molar-refractivity contribution is -0.136. The molecule has 232 valence electrons. The van der Waals surface area contributed by atoms with Crippen molar-refractivity contribution in [3.8, 4) is 17.2 Å². The van der Waals surface area contributed by atoms with Gasteiger partial charge in [-0.25, -0.2) is 14.0 Å². The SMILES string of the molecule is CCOc1cc([C@@H]2NC(=O)NC(C)=C2C(=O)OC)ccc1OC[C@H](O)N/N=C\c1ccc(OCc2cccc(F)c2)c(I)c1. The van der Waals surface area contributed by atoms with Gasteiger partial charge in [0.1, 0.15) is 24.8 Å². The molecule has 4 rings (SSSR count). The fourth-order valence-electron chi connectivity index (χ4n) is 4.32. The average Bonchev–Trinajstić information content (AvgIpc) is 2.99. The van der Waals surface area contributed by atoms with Crippen LogP contribution < -0.4 is 30.3 Å². The summed E-state index contributed by atoms with van der Waals surface area (Å²) in [5.41, 5.74) is 5.34. The molecule has 0 radical (unpaired) electrons. The summed E-state index contributed by atoms with van der Waals surface area (Å²) < 4.78 is 36.5. The number of nitrogens with one attached hydrogen (secondary N) is 3. The zero-order chi connectivity index (χ0) is 31.6. The van der Waals surface area contributed by atoms with E-state index in [9.17, 15) is 19.1 Å². The molecule has 0 unspecified atom stereocenters. The summed E-state index contributed by atoms with van der Waals surface area (Å²) in [5, 5.41) is 19.8. The number of aliphatic hydroxyl groups excluding tert-OH is 1. The van der Waals surface area contributed by atoms with Crippen LogP contribution in [0.15, 0.2) is 77.0 Å². The second kappa shape index (κ2) is 15.4. The van der Waals surface area contributed by atoms with Crippen LogP contribution in [0.1, 0.15) is 36.6 Å². The lowest BCUT2D eigenvalue weighted by atomic mass is 9.95. The molecule has 0 fully saturated rings. The molecule has 1 heterocycles. The zero-order valence-electron chi connectivity index (χ0n) is 24.2. The van der Waals surface area contributed by atoms with Crippen LogP contribution in [0, 0.1) is 9.39 Å². The molecular formula is C31H32FIN4O7. The molecule has 2 amide bonds. The van der Waals surface area contributed by atoms with Crippen molar-refractivity contribution < 1.29 is 38.0 Å². The summed E-state index contributed by atoms with van der Waals surface area (Å²) in [6.07, 6.45) is 0.401. The second-order valence-electron chi connectivity index (χ2n) is 9.52. The van der Waals surface area contributed by atoms with E-state index in [1.54, 1.807) is 55.6 Å². The molecule has 13 heteroatoms. The summed E-state index contributed by atoms with van der Waals surface area (Å²) in [6.45, 7) is 3.84. The minimum atomic E-state index is -1.14. The molecule has 0 aromatic heterocycles. The van der Waals surface area contributed by atoms with Crippen molar-refractivity contribution >= 4 is 40.8 Å². The van der Waals surface area contributed by atoms with Gasteiger partial charge in [-0.3, -0.25) is 5.43 Å². The molecule has 0 saturated heterocycles. The number of hydrogen-bond donors (Lipinski definition) is 4. The number of hydrazone groups is 1. The summed E-state index contributed by atoms with van der Waals surface area (Å²) >= 11 is 2.14. The fraction of sp³-hybridized carbons (Fsp3) is 0.258. The highest BCUT2D eigenvalue weighted by atomic mass is 127. The van der Waals surface area contributed by atoms with Crippen molar-refractivity contribution in [2.24, 2.45) is 5.10 Å². The van der Waals surface area contributed by atoms with E-state index < -0.39 is 24.3 Å². The van der Waals surface area contributed by atoms with Gasteiger partial charge in [0.2, 0.25) is 0 Å². The van der Waals surface area contributed by atoms with Gasteiger partial charge in [-0.15, -0.1) is 0 Å². The Bertz CT molecular complexity index is 1570. The van der Waals surface area contributed by atoms with Gasteiger partial charge < -0.3 is 34.7 Å². The Hall–Kier alpha value is -4.37. The van der Waals surface area contributed by atoms with E-state index in [1.807, 2.05) is 13.0 Å². The van der Waals surface area contributed by atoms with E-state index in [-0.39, 0.29) is 24.6 Å². The number of nitrogens with zero attached hydrogens (tertiary/aromatic N) is 1. The van der Waals surface area contributed by atoms with Gasteiger partial charge in [-0.05, 0) is 95.6 Å². The van der Waals surface area contributed by atoms with Crippen LogP contribution in [-0.4, -0.2) is 49.9 Å². The fourth-order valence-corrected chi connectivity index (χ4v) is 5.02. The third kappa shape index (κ3) is 8.60. The molecule has 0 spiro atoms. The van der Waals surface area contributed by atoms with Gasteiger partial charge >= 0.3 is 12.0 Å². The molecule has 3 aromatic rings. The second-order valence-corrected chi connectivity index (χ2v) is 10.7. The molecule has 1 aliphatic rings. The molecule has 0 saturated carbocycles. The monoisotopic (exact) mass is 718 g/mol. The largest absolute Gasteiger partial charge is 0.490 e. The van der Waals surface area contributed by atoms with Gasteiger partial charge in [-0.2, -0.15) is 5.10 Å². The number of allylic oxidation sites excluding steroid dienone is 1. The molecule has 1 aliphatic heterocycles. The van der Waals surface area contributed by atoms with Gasteiger partial charge in [0.05, 0.1) is 35.1 Å². The van der Waals surface area contributed by atoms with E-state index in [0.29, 0.717) is 35.1 Å². The number of aliphatic hydroxyl groups is 1. The Kier molecular flexibility index (Phi) is 11.4. The minimum absolute atomic E-state index is 0.155. The smallest absolute Gasteiger partial charge is 0.337 e. The molecule has 11 nitrogen and oxygen atoms in total. The van der Waals surface area contributed by atoms with Crippen molar-refractivity contribution in [2.45, 2.75) is 32.7 Å². The average molecular weight is 719 g/mol. The van der Waals surface area contributed by atoms with Crippen LogP contribution in [0.25, 0.3) is 0 Å². The van der Waals surface area contributed by atoms with Crippen molar-refractivity contribution in [3.63, 3.8) is 0 Å². The summed E-state index contributed by atoms with van der Waals surface area (Å²) in [5.74, 6) is 0.480. The van der Waals surface area contributed by atoms with Crippen LogP contribution >= 0.6 is 22.6 Å². The third-order valence-corrected chi connectivity index (χ3v) is 7.19. The van der Waals surface area contributed by atoms with Crippen LogP contribution in [0.4, 0.5) is 9.18 Å². The van der Waals surface area contributed by atoms with Crippen LogP contribution in [0.5, 0.6) is 17.2 Å². The van der Waals surface area contributed by atoms with Gasteiger partial charge in [-0.1, -0.05) is 18.2 Å². The number of esters is 1. The number of urea groups is 1. The Labute approximate surface area is 267 Å². The van der Waals surface area contributed by atoms with Crippen LogP contribution in [0.3, 0.4) is 0 Å². The molecular weight excluding hydrogens is 686 g/mol. The number of carbonyl (C=O) groups is 2. The standard InChI is InChI=1S/C31H32FIN4O7/c1-4-42-26-14-21(29-28(30(39)41-3)18(2)35-31(40)36-29)9-11-25(26)44-17-27(38)37-34-15-19-8-10-24(23(33)13-19)43-16-20-6-5-7-22(32)12-20/h5-15,27,29,37-38H,4,16-17H2,1-3H3,(H2,35,36,40)/b34-15-/t27-,29-/m0/s1. The van der Waals surface area contributed by atoms with E-state index in [2.05, 4.69) is 43.8 Å². The zero-order valence-corrected chi connectivity index (χ0v) is 26.4. The third-order valence-electron chi connectivity index (χ3n) is 6.35. The number of methoxy groups -OCH3 is 1. The first-order valence-electron chi connectivity index (χ1n) is 13.6. The lowest BCUT2D eigenvalue weighted by Crippen LogP contribution is -2.45. The summed E-state index contributed by atoms with van der Waals surface area (Å²) in [7, 11) is 1.27. The molecule has 0 aliphatic carbocycles. The number of carbonyl (C=O) groups excluding carboxylic acids is 2. The molecule has 0 bridgehead atoms. The highest BCUT2D eigenvalue weighted by Gasteiger charge is 2.32. The minimum Gasteiger partial charge on any atom is -0.490 e. The highest BCUT2D eigenvalue weighted by molar-refractivity contribution is 14.1. The number of benzene rings is 3. The number of halogens is 2. The predicted octanol–water partition coefficient (Wildman–Crippen LogP) is 4.53. The highest BCUT2D eigenvalue weighted by Crippen LogP contribution is 2.35. The van der Waals surface area contributed by atoms with E-state index in [0.717, 1.165) is 14.7 Å². The normalized spacial score (nSPS) is 15.3. The Balaban J connectivity index is 1.34. The first-order chi connectivity index (χ1) is 21.2. The van der Waals surface area contributed by atoms with E-state index in [1.165, 1.54) is 19.2 Å².